The van der Waals surface area contributed by atoms with E-state index in [9.17, 15) is 0 Å². The number of hydrogen-bond donors (Lipinski definition) is 1. The predicted octanol–water partition coefficient (Wildman–Crippen LogP) is 5.46. The third-order valence-corrected chi connectivity index (χ3v) is 5.71. The number of nitrogens with one attached hydrogen (secondary N) is 1. The molecule has 1 aromatic carbocycles. The number of ether oxygens (including phenoxy) is 1. The van der Waals surface area contributed by atoms with Gasteiger partial charge in [-0.25, -0.2) is 0 Å². The van der Waals surface area contributed by atoms with Crippen LogP contribution in [0.4, 0.5) is 5.69 Å². The Morgan fingerprint density at radius 3 is 2.81 bits per heavy atom. The molecule has 0 aliphatic heterocycles. The van der Waals surface area contributed by atoms with Gasteiger partial charge in [-0.05, 0) is 56.4 Å². The highest BCUT2D eigenvalue weighted by Crippen LogP contribution is 2.35. The third kappa shape index (κ3) is 3.19. The summed E-state index contributed by atoms with van der Waals surface area (Å²) in [6.07, 6.45) is 5.16. The first-order valence-corrected chi connectivity index (χ1v) is 8.58. The number of rotatable bonds is 4. The van der Waals surface area contributed by atoms with E-state index in [2.05, 4.69) is 18.3 Å². The second-order valence-corrected chi connectivity index (χ2v) is 7.10. The maximum Gasteiger partial charge on any atom is 0.139 e. The molecule has 0 fully saturated rings. The van der Waals surface area contributed by atoms with E-state index < -0.39 is 0 Å². The Morgan fingerprint density at radius 2 is 2.05 bits per heavy atom. The van der Waals surface area contributed by atoms with Crippen LogP contribution in [0.1, 0.15) is 41.1 Å². The summed E-state index contributed by atoms with van der Waals surface area (Å²) in [5, 5.41) is 4.18. The molecular formula is C17H20ClNOS. The van der Waals surface area contributed by atoms with Gasteiger partial charge in [-0.2, -0.15) is 0 Å². The normalized spacial score (nSPS) is 15.4. The van der Waals surface area contributed by atoms with Crippen molar-refractivity contribution in [2.24, 2.45) is 0 Å². The van der Waals surface area contributed by atoms with Crippen molar-refractivity contribution in [2.45, 2.75) is 38.6 Å². The molecule has 4 heteroatoms. The zero-order valence-corrected chi connectivity index (χ0v) is 14.0. The molecule has 0 bridgehead atoms. The fourth-order valence-electron chi connectivity index (χ4n) is 2.80. The average Bonchev–Trinajstić information content (AvgIpc) is 2.93. The van der Waals surface area contributed by atoms with Crippen LogP contribution in [0.2, 0.25) is 5.02 Å². The SMILES string of the molecule is COc1cc(NC(C)c2cc3c(s2)CCCC3)ccc1Cl. The third-order valence-electron chi connectivity index (χ3n) is 3.98. The van der Waals surface area contributed by atoms with Gasteiger partial charge >= 0.3 is 0 Å². The van der Waals surface area contributed by atoms with Gasteiger partial charge in [0.15, 0.2) is 0 Å². The van der Waals surface area contributed by atoms with Gasteiger partial charge in [-0.3, -0.25) is 0 Å². The molecule has 112 valence electrons. The molecule has 0 spiro atoms. The number of benzene rings is 1. The molecule has 3 rings (SSSR count). The van der Waals surface area contributed by atoms with E-state index in [1.165, 1.54) is 30.6 Å². The predicted molar refractivity (Wildman–Crippen MR) is 91.0 cm³/mol. The topological polar surface area (TPSA) is 21.3 Å². The fourth-order valence-corrected chi connectivity index (χ4v) is 4.25. The highest BCUT2D eigenvalue weighted by atomic mass is 35.5. The zero-order chi connectivity index (χ0) is 14.8. The van der Waals surface area contributed by atoms with Crippen LogP contribution in [-0.2, 0) is 12.8 Å². The van der Waals surface area contributed by atoms with Gasteiger partial charge in [0.25, 0.3) is 0 Å². The first kappa shape index (κ1) is 14.7. The molecule has 0 amide bonds. The molecule has 2 nitrogen and oxygen atoms in total. The number of aryl methyl sites for hydroxylation is 2. The van der Waals surface area contributed by atoms with Crippen LogP contribution < -0.4 is 10.1 Å². The highest BCUT2D eigenvalue weighted by molar-refractivity contribution is 7.12. The van der Waals surface area contributed by atoms with Gasteiger partial charge < -0.3 is 10.1 Å². The number of fused-ring (bicyclic) bond motifs is 1. The first-order chi connectivity index (χ1) is 10.2. The van der Waals surface area contributed by atoms with E-state index in [1.807, 2.05) is 29.5 Å². The molecule has 21 heavy (non-hydrogen) atoms. The molecule has 0 saturated heterocycles. The number of halogens is 1. The van der Waals surface area contributed by atoms with Crippen LogP contribution in [-0.4, -0.2) is 7.11 Å². The van der Waals surface area contributed by atoms with Crippen LogP contribution in [0.25, 0.3) is 0 Å². The van der Waals surface area contributed by atoms with Crippen molar-refractivity contribution < 1.29 is 4.74 Å². The van der Waals surface area contributed by atoms with Crippen molar-refractivity contribution in [3.63, 3.8) is 0 Å². The summed E-state index contributed by atoms with van der Waals surface area (Å²) < 4.78 is 5.27. The van der Waals surface area contributed by atoms with Crippen molar-refractivity contribution in [3.8, 4) is 5.75 Å². The number of thiophene rings is 1. The lowest BCUT2D eigenvalue weighted by Gasteiger charge is -2.15. The van der Waals surface area contributed by atoms with Crippen molar-refractivity contribution in [1.82, 2.24) is 0 Å². The molecule has 1 aliphatic carbocycles. The van der Waals surface area contributed by atoms with Gasteiger partial charge in [-0.15, -0.1) is 11.3 Å². The summed E-state index contributed by atoms with van der Waals surface area (Å²) >= 11 is 8.02. The van der Waals surface area contributed by atoms with Crippen molar-refractivity contribution in [2.75, 3.05) is 12.4 Å². The lowest BCUT2D eigenvalue weighted by atomic mass is 9.99. The molecule has 1 aliphatic rings. The van der Waals surface area contributed by atoms with E-state index >= 15 is 0 Å². The van der Waals surface area contributed by atoms with Crippen LogP contribution in [0.3, 0.4) is 0 Å². The number of anilines is 1. The second-order valence-electron chi connectivity index (χ2n) is 5.52. The summed E-state index contributed by atoms with van der Waals surface area (Å²) in [5.41, 5.74) is 2.60. The summed E-state index contributed by atoms with van der Waals surface area (Å²) in [6.45, 7) is 2.21. The Balaban J connectivity index is 1.76. The van der Waals surface area contributed by atoms with Crippen LogP contribution in [0.5, 0.6) is 5.75 Å². The van der Waals surface area contributed by atoms with Gasteiger partial charge in [0, 0.05) is 21.5 Å². The number of methoxy groups -OCH3 is 1. The van der Waals surface area contributed by atoms with Crippen molar-refractivity contribution in [3.05, 3.63) is 44.6 Å². The monoisotopic (exact) mass is 321 g/mol. The Labute approximate surface area is 135 Å². The maximum atomic E-state index is 6.07. The molecule has 1 N–H and O–H groups in total. The van der Waals surface area contributed by atoms with E-state index in [0.717, 1.165) is 5.69 Å². The fraction of sp³-hybridized carbons (Fsp3) is 0.412. The minimum atomic E-state index is 0.298. The second kappa shape index (κ2) is 6.29. The lowest BCUT2D eigenvalue weighted by molar-refractivity contribution is 0.415. The summed E-state index contributed by atoms with van der Waals surface area (Å²) in [7, 11) is 1.64. The Hall–Kier alpha value is -1.19. The largest absolute Gasteiger partial charge is 0.495 e. The number of hydrogen-bond acceptors (Lipinski definition) is 3. The molecule has 1 aromatic heterocycles. The average molecular weight is 322 g/mol. The van der Waals surface area contributed by atoms with E-state index in [1.54, 1.807) is 17.6 Å². The first-order valence-electron chi connectivity index (χ1n) is 7.39. The van der Waals surface area contributed by atoms with E-state index in [0.29, 0.717) is 16.8 Å². The summed E-state index contributed by atoms with van der Waals surface area (Å²) in [6, 6.07) is 8.49. The molecule has 1 unspecified atom stereocenters. The summed E-state index contributed by atoms with van der Waals surface area (Å²) in [4.78, 5) is 2.99. The van der Waals surface area contributed by atoms with E-state index in [-0.39, 0.29) is 0 Å². The Morgan fingerprint density at radius 1 is 1.24 bits per heavy atom. The van der Waals surface area contributed by atoms with Gasteiger partial charge in [0.05, 0.1) is 18.2 Å². The molecule has 1 atom stereocenters. The van der Waals surface area contributed by atoms with Crippen molar-refractivity contribution >= 4 is 28.6 Å². The van der Waals surface area contributed by atoms with Crippen molar-refractivity contribution in [1.29, 1.82) is 0 Å². The van der Waals surface area contributed by atoms with Crippen LogP contribution in [0.15, 0.2) is 24.3 Å². The molecular weight excluding hydrogens is 302 g/mol. The Kier molecular flexibility index (Phi) is 4.41. The van der Waals surface area contributed by atoms with Gasteiger partial charge in [-0.1, -0.05) is 11.6 Å². The molecule has 0 radical (unpaired) electrons. The zero-order valence-electron chi connectivity index (χ0n) is 12.4. The molecule has 1 heterocycles. The van der Waals surface area contributed by atoms with Gasteiger partial charge in [0.1, 0.15) is 5.75 Å². The standard InChI is InChI=1S/C17H20ClNOS/c1-11(17-9-12-5-3-4-6-16(12)21-17)19-13-7-8-14(18)15(10-13)20-2/h7-11,19H,3-6H2,1-2H3. The molecule has 0 saturated carbocycles. The Bertz CT molecular complexity index is 614. The van der Waals surface area contributed by atoms with Gasteiger partial charge in [0.2, 0.25) is 0 Å². The minimum absolute atomic E-state index is 0.298. The minimum Gasteiger partial charge on any atom is -0.495 e. The van der Waals surface area contributed by atoms with Crippen LogP contribution in [0, 0.1) is 0 Å². The highest BCUT2D eigenvalue weighted by Gasteiger charge is 2.16. The summed E-state index contributed by atoms with van der Waals surface area (Å²) in [5.74, 6) is 0.708. The van der Waals surface area contributed by atoms with E-state index in [4.69, 9.17) is 16.3 Å². The van der Waals surface area contributed by atoms with Crippen LogP contribution >= 0.6 is 22.9 Å². The molecule has 2 aromatic rings. The quantitative estimate of drug-likeness (QED) is 0.807. The maximum absolute atomic E-state index is 6.07. The smallest absolute Gasteiger partial charge is 0.139 e. The lowest BCUT2D eigenvalue weighted by Crippen LogP contribution is -2.05.